The average Bonchev–Trinajstić information content (AvgIpc) is 1.89. The minimum absolute atomic E-state index is 0. The molecule has 10 heavy (non-hydrogen) atoms. The van der Waals surface area contributed by atoms with Gasteiger partial charge in [0.1, 0.15) is 0 Å². The Morgan fingerprint density at radius 3 is 2.30 bits per heavy atom. The summed E-state index contributed by atoms with van der Waals surface area (Å²) in [4.78, 5) is 0. The van der Waals surface area contributed by atoms with Gasteiger partial charge in [0.05, 0.1) is 0 Å². The zero-order chi connectivity index (χ0) is 7.11. The SMILES string of the molecule is CCCCCC(=N)CC.[H-].[Li+]. The zero-order valence-corrected chi connectivity index (χ0v) is 7.54. The molecule has 0 aliphatic carbocycles. The van der Waals surface area contributed by atoms with Gasteiger partial charge in [-0.3, -0.25) is 0 Å². The molecule has 0 rings (SSSR count). The molecule has 0 spiro atoms. The van der Waals surface area contributed by atoms with Gasteiger partial charge in [-0.2, -0.15) is 0 Å². The van der Waals surface area contributed by atoms with Crippen LogP contribution in [-0.2, 0) is 0 Å². The summed E-state index contributed by atoms with van der Waals surface area (Å²) in [6.45, 7) is 4.24. The maximum Gasteiger partial charge on any atom is 1.00 e. The van der Waals surface area contributed by atoms with Crippen molar-refractivity contribution in [1.82, 2.24) is 0 Å². The zero-order valence-electron chi connectivity index (χ0n) is 8.54. The van der Waals surface area contributed by atoms with Crippen LogP contribution in [0.2, 0.25) is 0 Å². The van der Waals surface area contributed by atoms with Gasteiger partial charge in [-0.15, -0.1) is 0 Å². The molecule has 0 saturated carbocycles. The largest absolute Gasteiger partial charge is 1.00 e. The normalized spacial score (nSPS) is 8.60. The first-order valence-corrected chi connectivity index (χ1v) is 3.87. The van der Waals surface area contributed by atoms with Crippen LogP contribution >= 0.6 is 0 Å². The maximum atomic E-state index is 7.32. The third-order valence-electron chi connectivity index (χ3n) is 1.51. The van der Waals surface area contributed by atoms with Crippen LogP contribution in [0.25, 0.3) is 0 Å². The van der Waals surface area contributed by atoms with Crippen molar-refractivity contribution in [2.24, 2.45) is 0 Å². The van der Waals surface area contributed by atoms with Crippen LogP contribution in [-0.4, -0.2) is 5.71 Å². The molecule has 0 aliphatic heterocycles. The number of hydrogen-bond acceptors (Lipinski definition) is 1. The monoisotopic (exact) mass is 135 g/mol. The molecule has 1 nitrogen and oxygen atoms in total. The topological polar surface area (TPSA) is 23.9 Å². The van der Waals surface area contributed by atoms with E-state index in [0.717, 1.165) is 18.6 Å². The fraction of sp³-hybridized carbons (Fsp3) is 0.875. The van der Waals surface area contributed by atoms with Gasteiger partial charge in [0.2, 0.25) is 0 Å². The summed E-state index contributed by atoms with van der Waals surface area (Å²) in [5.41, 5.74) is 0.906. The summed E-state index contributed by atoms with van der Waals surface area (Å²) in [6.07, 6.45) is 5.70. The summed E-state index contributed by atoms with van der Waals surface area (Å²) in [5.74, 6) is 0. The van der Waals surface area contributed by atoms with Gasteiger partial charge in [-0.25, -0.2) is 0 Å². The van der Waals surface area contributed by atoms with Crippen LogP contribution < -0.4 is 18.9 Å². The van der Waals surface area contributed by atoms with Gasteiger partial charge in [0.15, 0.2) is 0 Å². The molecule has 0 amide bonds. The van der Waals surface area contributed by atoms with Crippen molar-refractivity contribution in [3.05, 3.63) is 0 Å². The smallest absolute Gasteiger partial charge is 1.00 e. The van der Waals surface area contributed by atoms with Crippen LogP contribution in [0.1, 0.15) is 47.4 Å². The van der Waals surface area contributed by atoms with E-state index in [-0.39, 0.29) is 20.3 Å². The molecule has 1 N–H and O–H groups in total. The standard InChI is InChI=1S/C8H17N.Li.H/c1-3-5-6-7-8(9)4-2;;/h9H,3-7H2,1-2H3;;/q;+1;-1. The van der Waals surface area contributed by atoms with E-state index in [1.807, 2.05) is 6.92 Å². The van der Waals surface area contributed by atoms with Crippen LogP contribution in [0, 0.1) is 5.41 Å². The Bertz CT molecular complexity index is 86.2. The van der Waals surface area contributed by atoms with Gasteiger partial charge >= 0.3 is 18.9 Å². The van der Waals surface area contributed by atoms with Crippen LogP contribution in [0.4, 0.5) is 0 Å². The van der Waals surface area contributed by atoms with Crippen LogP contribution in [0.3, 0.4) is 0 Å². The minimum atomic E-state index is 0. The molecule has 0 aromatic carbocycles. The first kappa shape index (κ1) is 12.9. The Morgan fingerprint density at radius 1 is 1.30 bits per heavy atom. The van der Waals surface area contributed by atoms with Crippen molar-refractivity contribution >= 4 is 5.71 Å². The molecular formula is C8H18LiN. The van der Waals surface area contributed by atoms with Gasteiger partial charge in [0, 0.05) is 5.71 Å². The van der Waals surface area contributed by atoms with Gasteiger partial charge in [0.25, 0.3) is 0 Å². The minimum Gasteiger partial charge on any atom is -1.00 e. The molecule has 0 radical (unpaired) electrons. The molecule has 2 heteroatoms. The molecule has 56 valence electrons. The fourth-order valence-corrected chi connectivity index (χ4v) is 0.765. The van der Waals surface area contributed by atoms with Crippen molar-refractivity contribution in [3.8, 4) is 0 Å². The quantitative estimate of drug-likeness (QED) is 0.314. The number of unbranched alkanes of at least 4 members (excludes halogenated alkanes) is 2. The van der Waals surface area contributed by atoms with E-state index in [1.54, 1.807) is 0 Å². The molecule has 0 unspecified atom stereocenters. The summed E-state index contributed by atoms with van der Waals surface area (Å²) < 4.78 is 0. The second kappa shape index (κ2) is 9.27. The molecule has 0 saturated heterocycles. The van der Waals surface area contributed by atoms with Gasteiger partial charge in [-0.05, 0) is 19.3 Å². The van der Waals surface area contributed by atoms with Crippen LogP contribution in [0.5, 0.6) is 0 Å². The van der Waals surface area contributed by atoms with E-state index in [1.165, 1.54) is 19.3 Å². The Balaban J connectivity index is -0.000000320. The second-order valence-electron chi connectivity index (χ2n) is 2.41. The molecule has 0 heterocycles. The second-order valence-corrected chi connectivity index (χ2v) is 2.41. The fourth-order valence-electron chi connectivity index (χ4n) is 0.765. The Hall–Kier alpha value is 0.267. The third-order valence-corrected chi connectivity index (χ3v) is 1.51. The van der Waals surface area contributed by atoms with Crippen molar-refractivity contribution in [2.45, 2.75) is 46.0 Å². The van der Waals surface area contributed by atoms with Crippen molar-refractivity contribution in [2.75, 3.05) is 0 Å². The predicted octanol–water partition coefficient (Wildman–Crippen LogP) is 0.113. The molecule has 0 bridgehead atoms. The van der Waals surface area contributed by atoms with Crippen LogP contribution in [0.15, 0.2) is 0 Å². The third kappa shape index (κ3) is 8.27. The molecule has 0 aromatic heterocycles. The maximum absolute atomic E-state index is 7.32. The van der Waals surface area contributed by atoms with E-state index in [4.69, 9.17) is 5.41 Å². The van der Waals surface area contributed by atoms with Gasteiger partial charge < -0.3 is 6.84 Å². The molecule has 0 atom stereocenters. The van der Waals surface area contributed by atoms with Gasteiger partial charge in [-0.1, -0.05) is 26.7 Å². The summed E-state index contributed by atoms with van der Waals surface area (Å²) in [5, 5.41) is 7.32. The average molecular weight is 135 g/mol. The van der Waals surface area contributed by atoms with E-state index in [2.05, 4.69) is 6.92 Å². The number of hydrogen-bond donors (Lipinski definition) is 1. The van der Waals surface area contributed by atoms with E-state index in [9.17, 15) is 0 Å². The Labute approximate surface area is 77.8 Å². The van der Waals surface area contributed by atoms with E-state index in [0.29, 0.717) is 0 Å². The van der Waals surface area contributed by atoms with E-state index >= 15 is 0 Å². The van der Waals surface area contributed by atoms with Crippen molar-refractivity contribution in [1.29, 1.82) is 5.41 Å². The summed E-state index contributed by atoms with van der Waals surface area (Å²) in [7, 11) is 0. The summed E-state index contributed by atoms with van der Waals surface area (Å²) in [6, 6.07) is 0. The van der Waals surface area contributed by atoms with Crippen molar-refractivity contribution < 1.29 is 20.3 Å². The molecule has 0 aromatic rings. The molecule has 0 aliphatic rings. The first-order valence-electron chi connectivity index (χ1n) is 3.87. The number of rotatable bonds is 5. The first-order chi connectivity index (χ1) is 4.31. The molecule has 0 fully saturated rings. The molecular weight excluding hydrogens is 117 g/mol. The van der Waals surface area contributed by atoms with E-state index < -0.39 is 0 Å². The van der Waals surface area contributed by atoms with Crippen molar-refractivity contribution in [3.63, 3.8) is 0 Å². The Morgan fingerprint density at radius 2 is 1.90 bits per heavy atom. The summed E-state index contributed by atoms with van der Waals surface area (Å²) >= 11 is 0. The Kier molecular flexibility index (Phi) is 12.0. The predicted molar refractivity (Wildman–Crippen MR) is 43.3 cm³/mol. The number of nitrogens with one attached hydrogen (secondary N) is 1.